The highest BCUT2D eigenvalue weighted by atomic mass is 127. The first-order chi connectivity index (χ1) is 6.50. The second-order valence-corrected chi connectivity index (χ2v) is 4.15. The molecule has 0 aliphatic carbocycles. The van der Waals surface area contributed by atoms with Gasteiger partial charge in [-0.25, -0.2) is 4.57 Å². The summed E-state index contributed by atoms with van der Waals surface area (Å²) in [5.74, 6) is 0. The molecule has 0 unspecified atom stereocenters. The molecule has 0 aliphatic rings. The lowest BCUT2D eigenvalue weighted by Gasteiger charge is -1.97. The molecule has 0 aromatic carbocycles. The summed E-state index contributed by atoms with van der Waals surface area (Å²) in [6, 6.07) is 0. The van der Waals surface area contributed by atoms with Crippen molar-refractivity contribution in [3.05, 3.63) is 19.0 Å². The number of nitrogens with zero attached hydrogens (tertiary/aromatic N) is 2. The van der Waals surface area contributed by atoms with Gasteiger partial charge in [0, 0.05) is 0 Å². The predicted molar refractivity (Wildman–Crippen MR) is 51.1 cm³/mol. The van der Waals surface area contributed by atoms with Crippen LogP contribution in [-0.4, -0.2) is 17.5 Å². The molecule has 15 heavy (non-hydrogen) atoms. The summed E-state index contributed by atoms with van der Waals surface area (Å²) in [6.07, 6.45) is 5.24. The van der Waals surface area contributed by atoms with Crippen molar-refractivity contribution < 1.29 is 41.5 Å². The topological polar surface area (TPSA) is 63.2 Å². The van der Waals surface area contributed by atoms with Gasteiger partial charge >= 0.3 is 15.3 Å². The van der Waals surface area contributed by atoms with Gasteiger partial charge in [0.25, 0.3) is 0 Å². The van der Waals surface area contributed by atoms with E-state index in [1.54, 1.807) is 6.20 Å². The molecule has 1 N–H and O–H groups in total. The van der Waals surface area contributed by atoms with E-state index >= 15 is 0 Å². The van der Waals surface area contributed by atoms with Crippen LogP contribution in [0.15, 0.2) is 24.1 Å². The van der Waals surface area contributed by atoms with E-state index in [0.29, 0.717) is 6.54 Å². The van der Waals surface area contributed by atoms with Gasteiger partial charge in [-0.3, -0.25) is 4.55 Å². The average Bonchev–Trinajstić information content (AvgIpc) is 2.47. The summed E-state index contributed by atoms with van der Waals surface area (Å²) >= 11 is 0. The third-order valence-electron chi connectivity index (χ3n) is 1.77. The van der Waals surface area contributed by atoms with Gasteiger partial charge in [0.1, 0.15) is 12.4 Å². The zero-order valence-electron chi connectivity index (χ0n) is 8.30. The Morgan fingerprint density at radius 1 is 1.67 bits per heavy atom. The second kappa shape index (κ2) is 5.61. The first-order valence-corrected chi connectivity index (χ1v) is 5.65. The molecule has 1 heterocycles. The number of rotatable bonds is 4. The van der Waals surface area contributed by atoms with Crippen LogP contribution < -0.4 is 28.5 Å². The van der Waals surface area contributed by atoms with Crippen molar-refractivity contribution in [2.24, 2.45) is 0 Å². The van der Waals surface area contributed by atoms with Crippen molar-refractivity contribution in [2.45, 2.75) is 25.0 Å². The molecule has 0 fully saturated rings. The SMILES string of the molecule is C=Cn1cc[n+](CCC)c1S(=O)(=O)O.[I-]. The van der Waals surface area contributed by atoms with Crippen molar-refractivity contribution in [1.82, 2.24) is 4.57 Å². The zero-order chi connectivity index (χ0) is 10.8. The van der Waals surface area contributed by atoms with Crippen LogP contribution in [0.3, 0.4) is 0 Å². The number of hydrogen-bond donors (Lipinski definition) is 1. The number of imidazole rings is 1. The van der Waals surface area contributed by atoms with E-state index in [-0.39, 0.29) is 29.1 Å². The van der Waals surface area contributed by atoms with Gasteiger partial charge in [0.2, 0.25) is 0 Å². The Morgan fingerprint density at radius 2 is 2.27 bits per heavy atom. The van der Waals surface area contributed by atoms with Crippen LogP contribution in [-0.2, 0) is 16.7 Å². The Balaban J connectivity index is 0.00000196. The lowest BCUT2D eigenvalue weighted by molar-refractivity contribution is -0.734. The molecule has 1 aromatic rings. The number of halogens is 1. The van der Waals surface area contributed by atoms with Crippen LogP contribution in [0, 0.1) is 0 Å². The molecule has 0 radical (unpaired) electrons. The maximum absolute atomic E-state index is 11.0. The Bertz CT molecular complexity index is 439. The van der Waals surface area contributed by atoms with Gasteiger partial charge in [-0.2, -0.15) is 13.0 Å². The maximum Gasteiger partial charge on any atom is 0.407 e. The molecular weight excluding hydrogens is 331 g/mol. The van der Waals surface area contributed by atoms with Crippen LogP contribution in [0.1, 0.15) is 13.3 Å². The smallest absolute Gasteiger partial charge is 0.407 e. The quantitative estimate of drug-likeness (QED) is 0.374. The van der Waals surface area contributed by atoms with Gasteiger partial charge in [-0.15, -0.1) is 0 Å². The normalized spacial score (nSPS) is 10.8. The number of hydrogen-bond acceptors (Lipinski definition) is 2. The number of aromatic nitrogens is 2. The molecule has 0 bridgehead atoms. The molecule has 0 atom stereocenters. The van der Waals surface area contributed by atoms with E-state index in [1.807, 2.05) is 6.92 Å². The van der Waals surface area contributed by atoms with Crippen molar-refractivity contribution in [1.29, 1.82) is 0 Å². The summed E-state index contributed by atoms with van der Waals surface area (Å²) in [4.78, 5) is 0. The molecule has 0 aliphatic heterocycles. The first kappa shape index (κ1) is 14.6. The third kappa shape index (κ3) is 3.28. The Labute approximate surface area is 106 Å². The fourth-order valence-corrected chi connectivity index (χ4v) is 2.11. The fraction of sp³-hybridized carbons (Fsp3) is 0.375. The Morgan fingerprint density at radius 3 is 2.67 bits per heavy atom. The Hall–Kier alpha value is -0.410. The highest BCUT2D eigenvalue weighted by Crippen LogP contribution is 2.04. The Kier molecular flexibility index (Phi) is 5.46. The van der Waals surface area contributed by atoms with Crippen molar-refractivity contribution in [3.63, 3.8) is 0 Å². The molecule has 0 saturated carbocycles. The average molecular weight is 344 g/mol. The van der Waals surface area contributed by atoms with Gasteiger partial charge < -0.3 is 24.0 Å². The summed E-state index contributed by atoms with van der Waals surface area (Å²) in [5.41, 5.74) is 0. The van der Waals surface area contributed by atoms with Crippen molar-refractivity contribution in [3.8, 4) is 0 Å². The highest BCUT2D eigenvalue weighted by molar-refractivity contribution is 7.85. The molecule has 0 amide bonds. The molecule has 1 rings (SSSR count). The molecule has 7 heteroatoms. The van der Waals surface area contributed by atoms with Gasteiger partial charge in [-0.1, -0.05) is 13.5 Å². The van der Waals surface area contributed by atoms with E-state index < -0.39 is 10.1 Å². The van der Waals surface area contributed by atoms with Crippen molar-refractivity contribution >= 4 is 16.3 Å². The minimum atomic E-state index is -4.20. The molecule has 0 spiro atoms. The molecule has 1 aromatic heterocycles. The van der Waals surface area contributed by atoms with E-state index in [9.17, 15) is 8.42 Å². The van der Waals surface area contributed by atoms with Crippen molar-refractivity contribution in [2.75, 3.05) is 0 Å². The van der Waals surface area contributed by atoms with E-state index in [1.165, 1.54) is 21.5 Å². The zero-order valence-corrected chi connectivity index (χ0v) is 11.3. The summed E-state index contributed by atoms with van der Waals surface area (Å²) in [6.45, 7) is 5.91. The molecule has 86 valence electrons. The lowest BCUT2D eigenvalue weighted by atomic mass is 10.5. The fourth-order valence-electron chi connectivity index (χ4n) is 1.26. The molecular formula is C8H13IN2O3S. The largest absolute Gasteiger partial charge is 1.00 e. The monoisotopic (exact) mass is 344 g/mol. The minimum absolute atomic E-state index is 0. The van der Waals surface area contributed by atoms with Crippen LogP contribution in [0.25, 0.3) is 6.20 Å². The minimum Gasteiger partial charge on any atom is -1.00 e. The molecule has 5 nitrogen and oxygen atoms in total. The van der Waals surface area contributed by atoms with Crippen LogP contribution in [0.5, 0.6) is 0 Å². The summed E-state index contributed by atoms with van der Waals surface area (Å²) < 4.78 is 33.8. The lowest BCUT2D eigenvalue weighted by Crippen LogP contribution is -3.00. The van der Waals surface area contributed by atoms with Gasteiger partial charge in [0.15, 0.2) is 0 Å². The second-order valence-electron chi connectivity index (χ2n) is 2.84. The van der Waals surface area contributed by atoms with E-state index in [0.717, 1.165) is 6.42 Å². The van der Waals surface area contributed by atoms with Crippen LogP contribution >= 0.6 is 0 Å². The molecule has 0 saturated heterocycles. The third-order valence-corrected chi connectivity index (χ3v) is 2.67. The van der Waals surface area contributed by atoms with Gasteiger partial charge in [-0.05, 0) is 6.42 Å². The van der Waals surface area contributed by atoms with E-state index in [2.05, 4.69) is 6.58 Å². The summed E-state index contributed by atoms with van der Waals surface area (Å²) in [7, 11) is -4.20. The predicted octanol–water partition coefficient (Wildman–Crippen LogP) is -2.46. The van der Waals surface area contributed by atoms with Gasteiger partial charge in [0.05, 0.1) is 12.7 Å². The first-order valence-electron chi connectivity index (χ1n) is 4.21. The highest BCUT2D eigenvalue weighted by Gasteiger charge is 2.27. The number of aryl methyl sites for hydroxylation is 1. The standard InChI is InChI=1S/C8H12N2O3S.HI/c1-3-5-10-7-6-9(4-2)8(10)14(11,12)13;/h4,6-7H,2-3,5H2,1H3;1H. The summed E-state index contributed by atoms with van der Waals surface area (Å²) in [5, 5.41) is -0.158. The van der Waals surface area contributed by atoms with Crippen LogP contribution in [0.2, 0.25) is 0 Å². The van der Waals surface area contributed by atoms with E-state index in [4.69, 9.17) is 4.55 Å². The van der Waals surface area contributed by atoms with Crippen LogP contribution in [0.4, 0.5) is 0 Å². The maximum atomic E-state index is 11.0.